The summed E-state index contributed by atoms with van der Waals surface area (Å²) in [5.41, 5.74) is 1.23. The highest BCUT2D eigenvalue weighted by Gasteiger charge is 2.42. The van der Waals surface area contributed by atoms with E-state index in [1.165, 1.54) is 48.7 Å². The Balaban J connectivity index is 1.61. The van der Waals surface area contributed by atoms with Crippen LogP contribution in [0.1, 0.15) is 59.8 Å². The lowest BCUT2D eigenvalue weighted by Crippen LogP contribution is -2.34. The normalized spacial score (nSPS) is 17.1. The van der Waals surface area contributed by atoms with Gasteiger partial charge in [0.05, 0.1) is 12.0 Å². The molecule has 1 N–H and O–H groups in total. The summed E-state index contributed by atoms with van der Waals surface area (Å²) in [7, 11) is -4.09. The SMILES string of the molecule is Cc1ccc([C@H](c2ccn3c(C(F)(F)F)nnc3c2C)C(C)(C)C(=O)O)cc1CN1CCCOCCOc2ncccc2S1(=O)=O. The van der Waals surface area contributed by atoms with Crippen LogP contribution in [0.15, 0.2) is 53.7 Å². The van der Waals surface area contributed by atoms with Crippen molar-refractivity contribution < 1.29 is 41.0 Å². The molecule has 1 atom stereocenters. The van der Waals surface area contributed by atoms with E-state index < -0.39 is 39.3 Å². The Morgan fingerprint density at radius 2 is 1.85 bits per heavy atom. The Labute approximate surface area is 264 Å². The minimum atomic E-state index is -4.74. The smallest absolute Gasteiger partial charge is 0.452 e. The van der Waals surface area contributed by atoms with Crippen molar-refractivity contribution in [1.29, 1.82) is 0 Å². The number of benzene rings is 1. The molecule has 1 aliphatic rings. The molecule has 3 aromatic heterocycles. The monoisotopic (exact) mass is 661 g/mol. The van der Waals surface area contributed by atoms with E-state index in [2.05, 4.69) is 15.2 Å². The van der Waals surface area contributed by atoms with E-state index in [0.717, 1.165) is 9.96 Å². The number of fused-ring (bicyclic) bond motifs is 2. The van der Waals surface area contributed by atoms with Crippen molar-refractivity contribution in [3.05, 3.63) is 82.4 Å². The zero-order valence-corrected chi connectivity index (χ0v) is 26.5. The molecule has 5 rings (SSSR count). The quantitative estimate of drug-likeness (QED) is 0.303. The molecule has 1 aliphatic heterocycles. The summed E-state index contributed by atoms with van der Waals surface area (Å²) in [4.78, 5) is 16.7. The molecule has 0 saturated heterocycles. The molecule has 0 bridgehead atoms. The van der Waals surface area contributed by atoms with E-state index in [4.69, 9.17) is 9.47 Å². The van der Waals surface area contributed by atoms with Gasteiger partial charge in [0, 0.05) is 38.0 Å². The van der Waals surface area contributed by atoms with Gasteiger partial charge in [-0.05, 0) is 80.1 Å². The first kappa shape index (κ1) is 33.3. The standard InChI is InChI=1S/C31H34F3N5O6S/c1-19-8-9-21(17-22(19)18-38-12-6-14-44-15-16-45-27-24(46(38,42)43)7-5-11-35-27)25(30(3,4)29(40)41)23-10-13-39-26(20(23)2)36-37-28(39)31(32,33)34/h5,7-11,13,17,25H,6,12,14-16,18H2,1-4H3,(H,40,41)/t25-/m1/s1. The van der Waals surface area contributed by atoms with Crippen molar-refractivity contribution in [2.45, 2.75) is 57.7 Å². The molecule has 0 amide bonds. The second-order valence-electron chi connectivity index (χ2n) is 11.7. The van der Waals surface area contributed by atoms with Crippen LogP contribution in [0.5, 0.6) is 5.88 Å². The summed E-state index contributed by atoms with van der Waals surface area (Å²) in [5, 5.41) is 17.4. The summed E-state index contributed by atoms with van der Waals surface area (Å²) < 4.78 is 82.0. The van der Waals surface area contributed by atoms with Crippen LogP contribution < -0.4 is 4.74 Å². The van der Waals surface area contributed by atoms with Crippen LogP contribution in [-0.4, -0.2) is 69.7 Å². The van der Waals surface area contributed by atoms with Gasteiger partial charge < -0.3 is 14.6 Å². The fraction of sp³-hybridized carbons (Fsp3) is 0.419. The first-order valence-electron chi connectivity index (χ1n) is 14.5. The fourth-order valence-electron chi connectivity index (χ4n) is 5.69. The van der Waals surface area contributed by atoms with Gasteiger partial charge >= 0.3 is 12.1 Å². The first-order chi connectivity index (χ1) is 21.6. The van der Waals surface area contributed by atoms with Gasteiger partial charge in [-0.25, -0.2) is 13.4 Å². The van der Waals surface area contributed by atoms with Crippen molar-refractivity contribution >= 4 is 21.6 Å². The molecule has 0 saturated carbocycles. The predicted octanol–water partition coefficient (Wildman–Crippen LogP) is 4.99. The third-order valence-corrected chi connectivity index (χ3v) is 10.1. The fourth-order valence-corrected chi connectivity index (χ4v) is 7.23. The van der Waals surface area contributed by atoms with Gasteiger partial charge in [-0.1, -0.05) is 18.2 Å². The molecule has 46 heavy (non-hydrogen) atoms. The van der Waals surface area contributed by atoms with E-state index in [9.17, 15) is 31.5 Å². The number of hydrogen-bond donors (Lipinski definition) is 1. The number of pyridine rings is 2. The number of nitrogens with zero attached hydrogens (tertiary/aromatic N) is 5. The predicted molar refractivity (Wildman–Crippen MR) is 160 cm³/mol. The number of sulfonamides is 1. The maximum atomic E-state index is 14.0. The zero-order chi connectivity index (χ0) is 33.4. The largest absolute Gasteiger partial charge is 0.481 e. The minimum absolute atomic E-state index is 0.0280. The molecule has 11 nitrogen and oxygen atoms in total. The van der Waals surface area contributed by atoms with Gasteiger partial charge in [-0.15, -0.1) is 10.2 Å². The number of aliphatic carboxylic acids is 1. The third kappa shape index (κ3) is 6.31. The number of ether oxygens (including phenoxy) is 2. The molecule has 246 valence electrons. The Morgan fingerprint density at radius 1 is 1.09 bits per heavy atom. The van der Waals surface area contributed by atoms with Gasteiger partial charge in [0.15, 0.2) is 5.65 Å². The second kappa shape index (κ2) is 12.6. The summed E-state index contributed by atoms with van der Waals surface area (Å²) in [6.07, 6.45) is -1.69. The van der Waals surface area contributed by atoms with E-state index in [1.807, 2.05) is 6.92 Å². The van der Waals surface area contributed by atoms with Crippen molar-refractivity contribution in [2.75, 3.05) is 26.4 Å². The number of aromatic nitrogens is 4. The van der Waals surface area contributed by atoms with Crippen molar-refractivity contribution in [1.82, 2.24) is 23.9 Å². The summed E-state index contributed by atoms with van der Waals surface area (Å²) in [5.74, 6) is -3.20. The van der Waals surface area contributed by atoms with Gasteiger partial charge in [-0.3, -0.25) is 9.20 Å². The number of alkyl halides is 3. The highest BCUT2D eigenvalue weighted by molar-refractivity contribution is 7.89. The lowest BCUT2D eigenvalue weighted by atomic mass is 9.70. The lowest BCUT2D eigenvalue weighted by Gasteiger charge is -2.33. The maximum absolute atomic E-state index is 14.0. The number of hydrogen-bond acceptors (Lipinski definition) is 8. The minimum Gasteiger partial charge on any atom is -0.481 e. The molecule has 15 heteroatoms. The molecule has 1 aromatic carbocycles. The van der Waals surface area contributed by atoms with E-state index in [0.29, 0.717) is 35.3 Å². The van der Waals surface area contributed by atoms with Gasteiger partial charge in [-0.2, -0.15) is 17.5 Å². The third-order valence-electron chi connectivity index (χ3n) is 8.27. The number of halogens is 3. The Morgan fingerprint density at radius 3 is 2.57 bits per heavy atom. The molecule has 0 unspecified atom stereocenters. The Hall–Kier alpha value is -4.08. The van der Waals surface area contributed by atoms with Crippen LogP contribution >= 0.6 is 0 Å². The highest BCUT2D eigenvalue weighted by atomic mass is 32.2. The van der Waals surface area contributed by atoms with Crippen LogP contribution in [0.4, 0.5) is 13.2 Å². The van der Waals surface area contributed by atoms with Crippen LogP contribution in [0, 0.1) is 19.3 Å². The number of aryl methyl sites for hydroxylation is 2. The molecule has 4 heterocycles. The Bertz CT molecular complexity index is 1880. The number of carboxylic acids is 1. The molecule has 4 aromatic rings. The summed E-state index contributed by atoms with van der Waals surface area (Å²) >= 11 is 0. The van der Waals surface area contributed by atoms with Crippen molar-refractivity contribution in [3.8, 4) is 5.88 Å². The van der Waals surface area contributed by atoms with Crippen LogP contribution in [-0.2, 0) is 32.3 Å². The average molecular weight is 662 g/mol. The Kier molecular flexibility index (Phi) is 9.12. The molecule has 0 radical (unpaired) electrons. The van der Waals surface area contributed by atoms with Gasteiger partial charge in [0.25, 0.3) is 0 Å². The van der Waals surface area contributed by atoms with Crippen molar-refractivity contribution in [3.63, 3.8) is 0 Å². The second-order valence-corrected chi connectivity index (χ2v) is 13.6. The number of rotatable bonds is 6. The molecular formula is C31H34F3N5O6S. The molecule has 0 fully saturated rings. The molecule has 0 aliphatic carbocycles. The van der Waals surface area contributed by atoms with Gasteiger partial charge in [0.1, 0.15) is 11.5 Å². The average Bonchev–Trinajstić information content (AvgIpc) is 3.43. The van der Waals surface area contributed by atoms with E-state index >= 15 is 0 Å². The maximum Gasteiger partial charge on any atom is 0.452 e. The first-order valence-corrected chi connectivity index (χ1v) is 16.0. The zero-order valence-electron chi connectivity index (χ0n) is 25.7. The van der Waals surface area contributed by atoms with Crippen LogP contribution in [0.2, 0.25) is 0 Å². The van der Waals surface area contributed by atoms with Crippen LogP contribution in [0.25, 0.3) is 5.65 Å². The number of carboxylic acid groups (broad SMARTS) is 1. The summed E-state index contributed by atoms with van der Waals surface area (Å²) in [6.45, 7) is 7.29. The number of carbonyl (C=O) groups is 1. The summed E-state index contributed by atoms with van der Waals surface area (Å²) in [6, 6.07) is 9.71. The van der Waals surface area contributed by atoms with Gasteiger partial charge in [0.2, 0.25) is 21.7 Å². The highest BCUT2D eigenvalue weighted by Crippen LogP contribution is 2.44. The van der Waals surface area contributed by atoms with Crippen LogP contribution in [0.3, 0.4) is 0 Å². The van der Waals surface area contributed by atoms with E-state index in [-0.39, 0.29) is 42.7 Å². The van der Waals surface area contributed by atoms with E-state index in [1.54, 1.807) is 25.1 Å². The van der Waals surface area contributed by atoms with Crippen molar-refractivity contribution in [2.24, 2.45) is 5.41 Å². The topological polar surface area (TPSA) is 136 Å². The lowest BCUT2D eigenvalue weighted by molar-refractivity contribution is -0.147. The molecular weight excluding hydrogens is 627 g/mol. The molecule has 0 spiro atoms.